The van der Waals surface area contributed by atoms with E-state index in [-0.39, 0.29) is 12.4 Å². The number of para-hydroxylation sites is 1. The minimum Gasteiger partial charge on any atom is -0.307 e. The standard InChI is InChI=1S/C11H18N2O.ClH/c1-10-6-4-5-7-11(10)12-14-9-8-13(2)3;/h4-7,12H,8-9H2,1-3H3;1H. The Morgan fingerprint density at radius 3 is 2.53 bits per heavy atom. The summed E-state index contributed by atoms with van der Waals surface area (Å²) in [6, 6.07) is 8.06. The minimum atomic E-state index is 0. The van der Waals surface area contributed by atoms with Gasteiger partial charge in [0.15, 0.2) is 0 Å². The van der Waals surface area contributed by atoms with Crippen molar-refractivity contribution in [3.63, 3.8) is 0 Å². The molecule has 1 aromatic rings. The van der Waals surface area contributed by atoms with Crippen LogP contribution in [0.1, 0.15) is 5.56 Å². The van der Waals surface area contributed by atoms with Crippen LogP contribution in [-0.4, -0.2) is 32.1 Å². The molecule has 3 nitrogen and oxygen atoms in total. The van der Waals surface area contributed by atoms with Crippen LogP contribution < -0.4 is 5.48 Å². The van der Waals surface area contributed by atoms with Gasteiger partial charge in [-0.3, -0.25) is 10.3 Å². The summed E-state index contributed by atoms with van der Waals surface area (Å²) >= 11 is 0. The Kier molecular flexibility index (Phi) is 7.13. The molecule has 0 aliphatic carbocycles. The van der Waals surface area contributed by atoms with Gasteiger partial charge in [-0.1, -0.05) is 18.2 Å². The molecule has 0 aromatic heterocycles. The van der Waals surface area contributed by atoms with Crippen molar-refractivity contribution < 1.29 is 4.84 Å². The first-order valence-corrected chi connectivity index (χ1v) is 4.78. The van der Waals surface area contributed by atoms with Crippen molar-refractivity contribution in [3.8, 4) is 0 Å². The van der Waals surface area contributed by atoms with Gasteiger partial charge in [0.1, 0.15) is 0 Å². The molecule has 1 rings (SSSR count). The third-order valence-electron chi connectivity index (χ3n) is 1.97. The van der Waals surface area contributed by atoms with E-state index in [4.69, 9.17) is 4.84 Å². The number of nitrogens with zero attached hydrogens (tertiary/aromatic N) is 1. The lowest BCUT2D eigenvalue weighted by Crippen LogP contribution is -2.19. The highest BCUT2D eigenvalue weighted by molar-refractivity contribution is 5.85. The Hall–Kier alpha value is -0.770. The van der Waals surface area contributed by atoms with Gasteiger partial charge in [0.05, 0.1) is 12.3 Å². The molecule has 0 unspecified atom stereocenters. The fraction of sp³-hybridized carbons (Fsp3) is 0.455. The van der Waals surface area contributed by atoms with Gasteiger partial charge in [-0.25, -0.2) is 0 Å². The molecule has 0 heterocycles. The van der Waals surface area contributed by atoms with Crippen LogP contribution in [0.15, 0.2) is 24.3 Å². The summed E-state index contributed by atoms with van der Waals surface area (Å²) < 4.78 is 0. The lowest BCUT2D eigenvalue weighted by Gasteiger charge is -2.12. The molecule has 0 aliphatic heterocycles. The predicted octanol–water partition coefficient (Wildman–Crippen LogP) is 2.32. The summed E-state index contributed by atoms with van der Waals surface area (Å²) in [5.41, 5.74) is 5.17. The topological polar surface area (TPSA) is 24.5 Å². The first kappa shape index (κ1) is 14.2. The maximum absolute atomic E-state index is 5.32. The molecule has 0 radical (unpaired) electrons. The fourth-order valence-corrected chi connectivity index (χ4v) is 1.04. The number of hydrogen-bond acceptors (Lipinski definition) is 3. The van der Waals surface area contributed by atoms with Gasteiger partial charge in [0, 0.05) is 6.54 Å². The molecular weight excluding hydrogens is 212 g/mol. The highest BCUT2D eigenvalue weighted by atomic mass is 35.5. The van der Waals surface area contributed by atoms with E-state index in [0.29, 0.717) is 6.61 Å². The van der Waals surface area contributed by atoms with Gasteiger partial charge in [-0.2, -0.15) is 0 Å². The molecule has 0 fully saturated rings. The maximum atomic E-state index is 5.32. The van der Waals surface area contributed by atoms with Gasteiger partial charge in [-0.05, 0) is 32.6 Å². The second kappa shape index (κ2) is 7.51. The van der Waals surface area contributed by atoms with Gasteiger partial charge in [0.2, 0.25) is 0 Å². The molecule has 1 aromatic carbocycles. The van der Waals surface area contributed by atoms with Gasteiger partial charge < -0.3 is 4.90 Å². The van der Waals surface area contributed by atoms with E-state index in [1.807, 2.05) is 32.3 Å². The van der Waals surface area contributed by atoms with Crippen LogP contribution in [0, 0.1) is 6.92 Å². The summed E-state index contributed by atoms with van der Waals surface area (Å²) in [4.78, 5) is 7.40. The van der Waals surface area contributed by atoms with E-state index in [1.54, 1.807) is 0 Å². The smallest absolute Gasteiger partial charge is 0.0872 e. The Morgan fingerprint density at radius 1 is 1.27 bits per heavy atom. The molecule has 0 saturated heterocycles. The van der Waals surface area contributed by atoms with E-state index in [0.717, 1.165) is 12.2 Å². The molecule has 0 bridgehead atoms. The van der Waals surface area contributed by atoms with Crippen LogP contribution in [0.5, 0.6) is 0 Å². The molecule has 0 amide bonds. The van der Waals surface area contributed by atoms with Crippen LogP contribution in [0.2, 0.25) is 0 Å². The Labute approximate surface area is 97.8 Å². The number of halogens is 1. The number of benzene rings is 1. The van der Waals surface area contributed by atoms with Crippen molar-refractivity contribution in [3.05, 3.63) is 29.8 Å². The van der Waals surface area contributed by atoms with E-state index in [9.17, 15) is 0 Å². The van der Waals surface area contributed by atoms with Crippen LogP contribution in [-0.2, 0) is 4.84 Å². The van der Waals surface area contributed by atoms with Crippen molar-refractivity contribution in [2.24, 2.45) is 0 Å². The summed E-state index contributed by atoms with van der Waals surface area (Å²) in [5, 5.41) is 0. The van der Waals surface area contributed by atoms with E-state index in [2.05, 4.69) is 23.4 Å². The SMILES string of the molecule is Cc1ccccc1NOCCN(C)C.Cl. The van der Waals surface area contributed by atoms with Crippen molar-refractivity contribution in [2.45, 2.75) is 6.92 Å². The molecule has 15 heavy (non-hydrogen) atoms. The summed E-state index contributed by atoms with van der Waals surface area (Å²) in [6.45, 7) is 3.65. The number of anilines is 1. The zero-order valence-electron chi connectivity index (χ0n) is 9.49. The Bertz CT molecular complexity index is 279. The number of likely N-dealkylation sites (N-methyl/N-ethyl adjacent to an activating group) is 1. The van der Waals surface area contributed by atoms with Crippen molar-refractivity contribution in [1.82, 2.24) is 4.90 Å². The molecule has 0 spiro atoms. The molecule has 0 aliphatic rings. The second-order valence-electron chi connectivity index (χ2n) is 3.57. The van der Waals surface area contributed by atoms with Gasteiger partial charge in [0.25, 0.3) is 0 Å². The molecular formula is C11H19ClN2O. The third kappa shape index (κ3) is 5.62. The first-order valence-electron chi connectivity index (χ1n) is 4.78. The van der Waals surface area contributed by atoms with Crippen LogP contribution >= 0.6 is 12.4 Å². The van der Waals surface area contributed by atoms with Crippen molar-refractivity contribution >= 4 is 18.1 Å². The normalized spacial score (nSPS) is 9.87. The first-order chi connectivity index (χ1) is 6.70. The van der Waals surface area contributed by atoms with Gasteiger partial charge >= 0.3 is 0 Å². The number of rotatable bonds is 5. The zero-order valence-corrected chi connectivity index (χ0v) is 10.3. The fourth-order valence-electron chi connectivity index (χ4n) is 1.04. The predicted molar refractivity (Wildman–Crippen MR) is 66.6 cm³/mol. The summed E-state index contributed by atoms with van der Waals surface area (Å²) in [7, 11) is 4.05. The number of nitrogens with one attached hydrogen (secondary N) is 1. The highest BCUT2D eigenvalue weighted by Crippen LogP contribution is 2.12. The number of aryl methyl sites for hydroxylation is 1. The molecule has 1 N–H and O–H groups in total. The van der Waals surface area contributed by atoms with Crippen LogP contribution in [0.3, 0.4) is 0 Å². The third-order valence-corrected chi connectivity index (χ3v) is 1.97. The average Bonchev–Trinajstić information content (AvgIpc) is 2.15. The van der Waals surface area contributed by atoms with E-state index in [1.165, 1.54) is 5.56 Å². The summed E-state index contributed by atoms with van der Waals surface area (Å²) in [5.74, 6) is 0. The van der Waals surface area contributed by atoms with Crippen LogP contribution in [0.4, 0.5) is 5.69 Å². The van der Waals surface area contributed by atoms with Gasteiger partial charge in [-0.15, -0.1) is 12.4 Å². The maximum Gasteiger partial charge on any atom is 0.0872 e. The largest absolute Gasteiger partial charge is 0.307 e. The minimum absolute atomic E-state index is 0. The second-order valence-corrected chi connectivity index (χ2v) is 3.57. The lowest BCUT2D eigenvalue weighted by atomic mass is 10.2. The Morgan fingerprint density at radius 2 is 1.93 bits per heavy atom. The van der Waals surface area contributed by atoms with Crippen LogP contribution in [0.25, 0.3) is 0 Å². The molecule has 4 heteroatoms. The van der Waals surface area contributed by atoms with Crippen molar-refractivity contribution in [1.29, 1.82) is 0 Å². The molecule has 0 atom stereocenters. The highest BCUT2D eigenvalue weighted by Gasteiger charge is 1.95. The molecule has 0 saturated carbocycles. The van der Waals surface area contributed by atoms with E-state index >= 15 is 0 Å². The Balaban J connectivity index is 0.00000196. The zero-order chi connectivity index (χ0) is 10.4. The van der Waals surface area contributed by atoms with E-state index < -0.39 is 0 Å². The van der Waals surface area contributed by atoms with Crippen molar-refractivity contribution in [2.75, 3.05) is 32.7 Å². The quantitative estimate of drug-likeness (QED) is 0.621. The number of hydrogen-bond donors (Lipinski definition) is 1. The lowest BCUT2D eigenvalue weighted by molar-refractivity contribution is 0.168. The molecule has 86 valence electrons. The monoisotopic (exact) mass is 230 g/mol. The average molecular weight is 231 g/mol. The summed E-state index contributed by atoms with van der Waals surface area (Å²) in [6.07, 6.45) is 0.